The van der Waals surface area contributed by atoms with Crippen LogP contribution in [0.1, 0.15) is 18.4 Å². The van der Waals surface area contributed by atoms with E-state index in [1.807, 2.05) is 26.1 Å². The molecule has 0 aliphatic carbocycles. The molecule has 0 bridgehead atoms. The predicted molar refractivity (Wildman–Crippen MR) is 61.2 cm³/mol. The highest BCUT2D eigenvalue weighted by Crippen LogP contribution is 2.21. The van der Waals surface area contributed by atoms with Crippen LogP contribution < -0.4 is 5.32 Å². The molecular formula is C12H16N2O2. The second-order valence-corrected chi connectivity index (χ2v) is 3.94. The Balaban J connectivity index is 2.13. The number of rotatable bonds is 4. The lowest BCUT2D eigenvalue weighted by Gasteiger charge is -2.05. The maximum atomic E-state index is 5.61. The summed E-state index contributed by atoms with van der Waals surface area (Å²) in [6, 6.07) is 4.14. The Hall–Kier alpha value is -1.55. The van der Waals surface area contributed by atoms with E-state index >= 15 is 0 Å². The summed E-state index contributed by atoms with van der Waals surface area (Å²) in [7, 11) is 1.93. The Morgan fingerprint density at radius 2 is 2.19 bits per heavy atom. The zero-order valence-corrected chi connectivity index (χ0v) is 9.78. The SMILES string of the molecule is CNC(C)Cc1cnc(-c2ccc(C)o2)o1. The van der Waals surface area contributed by atoms with Gasteiger partial charge in [0.25, 0.3) is 5.89 Å². The maximum Gasteiger partial charge on any atom is 0.262 e. The van der Waals surface area contributed by atoms with Crippen LogP contribution in [0, 0.1) is 6.92 Å². The summed E-state index contributed by atoms with van der Waals surface area (Å²) in [6.45, 7) is 4.00. The molecule has 0 aromatic carbocycles. The van der Waals surface area contributed by atoms with Crippen molar-refractivity contribution in [1.29, 1.82) is 0 Å². The van der Waals surface area contributed by atoms with Gasteiger partial charge in [0.05, 0.1) is 6.20 Å². The maximum absolute atomic E-state index is 5.61. The summed E-state index contributed by atoms with van der Waals surface area (Å²) >= 11 is 0. The molecule has 2 rings (SSSR count). The van der Waals surface area contributed by atoms with Crippen LogP contribution >= 0.6 is 0 Å². The summed E-state index contributed by atoms with van der Waals surface area (Å²) in [5, 5.41) is 3.16. The summed E-state index contributed by atoms with van der Waals surface area (Å²) < 4.78 is 11.1. The first-order chi connectivity index (χ1) is 7.69. The minimum atomic E-state index is 0.374. The Labute approximate surface area is 94.7 Å². The quantitative estimate of drug-likeness (QED) is 0.859. The topological polar surface area (TPSA) is 51.2 Å². The minimum Gasteiger partial charge on any atom is -0.456 e. The zero-order valence-electron chi connectivity index (χ0n) is 9.78. The van der Waals surface area contributed by atoms with Gasteiger partial charge in [-0.1, -0.05) is 0 Å². The van der Waals surface area contributed by atoms with Crippen molar-refractivity contribution < 1.29 is 8.83 Å². The molecule has 0 aliphatic heterocycles. The van der Waals surface area contributed by atoms with Crippen LogP contribution in [-0.4, -0.2) is 18.1 Å². The van der Waals surface area contributed by atoms with Crippen molar-refractivity contribution in [2.45, 2.75) is 26.3 Å². The largest absolute Gasteiger partial charge is 0.456 e. The van der Waals surface area contributed by atoms with Crippen molar-refractivity contribution in [2.24, 2.45) is 0 Å². The molecular weight excluding hydrogens is 204 g/mol. The number of aryl methyl sites for hydroxylation is 1. The van der Waals surface area contributed by atoms with Gasteiger partial charge < -0.3 is 14.2 Å². The van der Waals surface area contributed by atoms with Gasteiger partial charge in [-0.15, -0.1) is 0 Å². The van der Waals surface area contributed by atoms with Gasteiger partial charge >= 0.3 is 0 Å². The van der Waals surface area contributed by atoms with Gasteiger partial charge in [-0.3, -0.25) is 0 Å². The molecule has 0 saturated heterocycles. The van der Waals surface area contributed by atoms with Gasteiger partial charge in [0.2, 0.25) is 0 Å². The van der Waals surface area contributed by atoms with Crippen molar-refractivity contribution in [3.05, 3.63) is 29.9 Å². The third-order valence-electron chi connectivity index (χ3n) is 2.50. The van der Waals surface area contributed by atoms with Crippen molar-refractivity contribution in [3.63, 3.8) is 0 Å². The fourth-order valence-corrected chi connectivity index (χ4v) is 1.47. The number of oxazole rings is 1. The van der Waals surface area contributed by atoms with E-state index < -0.39 is 0 Å². The summed E-state index contributed by atoms with van der Waals surface area (Å²) in [5.41, 5.74) is 0. The highest BCUT2D eigenvalue weighted by Gasteiger charge is 2.11. The van der Waals surface area contributed by atoms with E-state index in [-0.39, 0.29) is 0 Å². The normalized spacial score (nSPS) is 12.9. The van der Waals surface area contributed by atoms with E-state index in [2.05, 4.69) is 17.2 Å². The average molecular weight is 220 g/mol. The first-order valence-electron chi connectivity index (χ1n) is 5.38. The number of nitrogens with zero attached hydrogens (tertiary/aromatic N) is 1. The summed E-state index contributed by atoms with van der Waals surface area (Å²) in [6.07, 6.45) is 2.57. The molecule has 1 N–H and O–H groups in total. The predicted octanol–water partition coefficient (Wildman–Crippen LogP) is 2.39. The number of aromatic nitrogens is 1. The van der Waals surface area contributed by atoms with E-state index in [0.717, 1.165) is 17.9 Å². The number of hydrogen-bond acceptors (Lipinski definition) is 4. The standard InChI is InChI=1S/C12H16N2O2/c1-8(13-3)6-10-7-14-12(16-10)11-5-4-9(2)15-11/h4-5,7-8,13H,6H2,1-3H3. The molecule has 0 fully saturated rings. The van der Waals surface area contributed by atoms with Crippen LogP contribution in [0.15, 0.2) is 27.2 Å². The van der Waals surface area contributed by atoms with Gasteiger partial charge in [0.1, 0.15) is 11.5 Å². The lowest BCUT2D eigenvalue weighted by Crippen LogP contribution is -2.23. The van der Waals surface area contributed by atoms with Crippen molar-refractivity contribution >= 4 is 0 Å². The first kappa shape index (κ1) is 11.0. The van der Waals surface area contributed by atoms with E-state index in [0.29, 0.717) is 17.7 Å². The van der Waals surface area contributed by atoms with Gasteiger partial charge in [-0.25, -0.2) is 4.98 Å². The van der Waals surface area contributed by atoms with Gasteiger partial charge in [-0.05, 0) is 33.0 Å². The number of furan rings is 1. The van der Waals surface area contributed by atoms with E-state index in [4.69, 9.17) is 8.83 Å². The Bertz CT molecular complexity index is 459. The van der Waals surface area contributed by atoms with Crippen LogP contribution in [0.3, 0.4) is 0 Å². The number of likely N-dealkylation sites (N-methyl/N-ethyl adjacent to an activating group) is 1. The molecule has 86 valence electrons. The highest BCUT2D eigenvalue weighted by molar-refractivity contribution is 5.44. The monoisotopic (exact) mass is 220 g/mol. The number of nitrogens with one attached hydrogen (secondary N) is 1. The van der Waals surface area contributed by atoms with Gasteiger partial charge in [0, 0.05) is 12.5 Å². The summed E-state index contributed by atoms with van der Waals surface area (Å²) in [4.78, 5) is 4.20. The van der Waals surface area contributed by atoms with Crippen molar-refractivity contribution in [3.8, 4) is 11.7 Å². The van der Waals surface area contributed by atoms with Crippen LogP contribution in [0.4, 0.5) is 0 Å². The first-order valence-corrected chi connectivity index (χ1v) is 5.38. The van der Waals surface area contributed by atoms with E-state index in [1.165, 1.54) is 0 Å². The average Bonchev–Trinajstić information content (AvgIpc) is 2.87. The van der Waals surface area contributed by atoms with Crippen LogP contribution in [-0.2, 0) is 6.42 Å². The van der Waals surface area contributed by atoms with E-state index in [1.54, 1.807) is 6.20 Å². The minimum absolute atomic E-state index is 0.374. The van der Waals surface area contributed by atoms with Crippen LogP contribution in [0.2, 0.25) is 0 Å². The molecule has 1 atom stereocenters. The molecule has 2 heterocycles. The Kier molecular flexibility index (Phi) is 3.10. The third kappa shape index (κ3) is 2.33. The second-order valence-electron chi connectivity index (χ2n) is 3.94. The molecule has 4 heteroatoms. The second kappa shape index (κ2) is 4.53. The molecule has 0 amide bonds. The molecule has 0 saturated carbocycles. The fourth-order valence-electron chi connectivity index (χ4n) is 1.47. The smallest absolute Gasteiger partial charge is 0.262 e. The van der Waals surface area contributed by atoms with Crippen LogP contribution in [0.25, 0.3) is 11.7 Å². The molecule has 2 aromatic rings. The molecule has 0 aliphatic rings. The van der Waals surface area contributed by atoms with Gasteiger partial charge in [0.15, 0.2) is 5.76 Å². The van der Waals surface area contributed by atoms with Crippen LogP contribution in [0.5, 0.6) is 0 Å². The Morgan fingerprint density at radius 1 is 1.38 bits per heavy atom. The molecule has 1 unspecified atom stereocenters. The lowest BCUT2D eigenvalue weighted by molar-refractivity contribution is 0.457. The van der Waals surface area contributed by atoms with Gasteiger partial charge in [-0.2, -0.15) is 0 Å². The molecule has 16 heavy (non-hydrogen) atoms. The fraction of sp³-hybridized carbons (Fsp3) is 0.417. The van der Waals surface area contributed by atoms with Crippen molar-refractivity contribution in [1.82, 2.24) is 10.3 Å². The Morgan fingerprint density at radius 3 is 2.81 bits per heavy atom. The molecule has 4 nitrogen and oxygen atoms in total. The lowest BCUT2D eigenvalue weighted by atomic mass is 10.2. The summed E-state index contributed by atoms with van der Waals surface area (Å²) in [5.74, 6) is 2.96. The highest BCUT2D eigenvalue weighted by atomic mass is 16.4. The number of hydrogen-bond donors (Lipinski definition) is 1. The van der Waals surface area contributed by atoms with Crippen molar-refractivity contribution in [2.75, 3.05) is 7.05 Å². The molecule has 2 aromatic heterocycles. The molecule has 0 spiro atoms. The third-order valence-corrected chi connectivity index (χ3v) is 2.50. The van der Waals surface area contributed by atoms with E-state index in [9.17, 15) is 0 Å². The zero-order chi connectivity index (χ0) is 11.5. The molecule has 0 radical (unpaired) electrons.